The summed E-state index contributed by atoms with van der Waals surface area (Å²) in [6.45, 7) is 9.56. The number of hydrogen-bond donors (Lipinski definition) is 2. The lowest BCUT2D eigenvalue weighted by Crippen LogP contribution is -2.29. The van der Waals surface area contributed by atoms with E-state index in [0.717, 1.165) is 13.0 Å². The van der Waals surface area contributed by atoms with Crippen LogP contribution in [0.25, 0.3) is 0 Å². The lowest BCUT2D eigenvalue weighted by molar-refractivity contribution is -0.142. The lowest BCUT2D eigenvalue weighted by Gasteiger charge is -2.16. The third-order valence-electron chi connectivity index (χ3n) is 3.44. The molecule has 0 aliphatic rings. The average molecular weight is 263 g/mol. The summed E-state index contributed by atoms with van der Waals surface area (Å²) in [5, 5.41) is 12.5. The molecule has 1 aromatic carbocycles. The molecule has 0 amide bonds. The van der Waals surface area contributed by atoms with E-state index in [2.05, 4.69) is 45.1 Å². The average Bonchev–Trinajstić information content (AvgIpc) is 2.30. The van der Waals surface area contributed by atoms with Crippen LogP contribution in [-0.4, -0.2) is 17.6 Å². The van der Waals surface area contributed by atoms with Gasteiger partial charge in [0.15, 0.2) is 0 Å². The van der Waals surface area contributed by atoms with Crippen LogP contribution in [0.4, 0.5) is 0 Å². The smallest absolute Gasteiger partial charge is 0.307 e. The van der Waals surface area contributed by atoms with Gasteiger partial charge in [0, 0.05) is 13.1 Å². The van der Waals surface area contributed by atoms with E-state index in [0.29, 0.717) is 12.5 Å². The fraction of sp³-hybridized carbons (Fsp3) is 0.562. The van der Waals surface area contributed by atoms with Crippen molar-refractivity contribution in [2.45, 2.75) is 40.7 Å². The zero-order valence-electron chi connectivity index (χ0n) is 12.4. The molecule has 1 unspecified atom stereocenters. The molecular weight excluding hydrogens is 238 g/mol. The highest BCUT2D eigenvalue weighted by atomic mass is 16.4. The molecule has 19 heavy (non-hydrogen) atoms. The molecule has 2 N–H and O–H groups in total. The van der Waals surface area contributed by atoms with Gasteiger partial charge in [0.2, 0.25) is 0 Å². The predicted molar refractivity (Wildman–Crippen MR) is 78.2 cm³/mol. The minimum atomic E-state index is -0.706. The normalized spacial score (nSPS) is 12.7. The van der Waals surface area contributed by atoms with Gasteiger partial charge in [-0.1, -0.05) is 32.0 Å². The van der Waals surface area contributed by atoms with E-state index in [9.17, 15) is 9.90 Å². The second kappa shape index (κ2) is 7.29. The molecule has 0 fully saturated rings. The SMILES string of the molecule is Cc1cccc(C)c1CNCC(CC(C)C)C(=O)O. The van der Waals surface area contributed by atoms with Gasteiger partial charge in [-0.05, 0) is 42.9 Å². The first-order valence-electron chi connectivity index (χ1n) is 6.90. The van der Waals surface area contributed by atoms with Crippen LogP contribution in [0.5, 0.6) is 0 Å². The van der Waals surface area contributed by atoms with E-state index in [1.165, 1.54) is 16.7 Å². The van der Waals surface area contributed by atoms with Crippen molar-refractivity contribution in [3.8, 4) is 0 Å². The highest BCUT2D eigenvalue weighted by Crippen LogP contribution is 2.14. The number of nitrogens with one attached hydrogen (secondary N) is 1. The van der Waals surface area contributed by atoms with Crippen LogP contribution in [0.15, 0.2) is 18.2 Å². The quantitative estimate of drug-likeness (QED) is 0.794. The van der Waals surface area contributed by atoms with Crippen molar-refractivity contribution in [3.05, 3.63) is 34.9 Å². The monoisotopic (exact) mass is 263 g/mol. The Kier molecular flexibility index (Phi) is 6.03. The first kappa shape index (κ1) is 15.7. The third-order valence-corrected chi connectivity index (χ3v) is 3.44. The summed E-state index contributed by atoms with van der Waals surface area (Å²) in [6, 6.07) is 6.23. The van der Waals surface area contributed by atoms with Gasteiger partial charge in [-0.2, -0.15) is 0 Å². The number of aryl methyl sites for hydroxylation is 2. The Labute approximate surface area is 116 Å². The van der Waals surface area contributed by atoms with Gasteiger partial charge in [0.1, 0.15) is 0 Å². The van der Waals surface area contributed by atoms with Crippen LogP contribution in [0.2, 0.25) is 0 Å². The van der Waals surface area contributed by atoms with E-state index in [-0.39, 0.29) is 5.92 Å². The first-order valence-corrected chi connectivity index (χ1v) is 6.90. The molecule has 0 saturated carbocycles. The Morgan fingerprint density at radius 3 is 2.32 bits per heavy atom. The van der Waals surface area contributed by atoms with Crippen molar-refractivity contribution < 1.29 is 9.90 Å². The molecule has 0 radical (unpaired) electrons. The Hall–Kier alpha value is -1.35. The zero-order valence-corrected chi connectivity index (χ0v) is 12.4. The minimum Gasteiger partial charge on any atom is -0.481 e. The molecule has 0 saturated heterocycles. The number of benzene rings is 1. The van der Waals surface area contributed by atoms with Crippen LogP contribution in [0.1, 0.15) is 37.0 Å². The van der Waals surface area contributed by atoms with Gasteiger partial charge in [0.05, 0.1) is 5.92 Å². The van der Waals surface area contributed by atoms with Crippen LogP contribution >= 0.6 is 0 Å². The maximum atomic E-state index is 11.2. The van der Waals surface area contributed by atoms with Crippen molar-refractivity contribution in [3.63, 3.8) is 0 Å². The molecular formula is C16H25NO2. The van der Waals surface area contributed by atoms with Gasteiger partial charge in [-0.3, -0.25) is 4.79 Å². The Morgan fingerprint density at radius 2 is 1.84 bits per heavy atom. The molecule has 1 atom stereocenters. The first-order chi connectivity index (χ1) is 8.91. The number of carbonyl (C=O) groups is 1. The number of carboxylic acid groups (broad SMARTS) is 1. The molecule has 0 aromatic heterocycles. The molecule has 106 valence electrons. The van der Waals surface area contributed by atoms with Gasteiger partial charge >= 0.3 is 5.97 Å². The van der Waals surface area contributed by atoms with Crippen molar-refractivity contribution in [1.82, 2.24) is 5.32 Å². The number of hydrogen-bond acceptors (Lipinski definition) is 2. The molecule has 0 heterocycles. The molecule has 1 aromatic rings. The fourth-order valence-corrected chi connectivity index (χ4v) is 2.34. The predicted octanol–water partition coefficient (Wildman–Crippen LogP) is 3.14. The molecule has 0 aliphatic heterocycles. The molecule has 3 heteroatoms. The van der Waals surface area contributed by atoms with Crippen molar-refractivity contribution in [2.24, 2.45) is 11.8 Å². The summed E-state index contributed by atoms with van der Waals surface area (Å²) in [7, 11) is 0. The summed E-state index contributed by atoms with van der Waals surface area (Å²) in [5.41, 5.74) is 3.78. The largest absolute Gasteiger partial charge is 0.481 e. The number of carboxylic acids is 1. The number of aliphatic carboxylic acids is 1. The highest BCUT2D eigenvalue weighted by Gasteiger charge is 2.18. The van der Waals surface area contributed by atoms with Crippen molar-refractivity contribution in [1.29, 1.82) is 0 Å². The van der Waals surface area contributed by atoms with E-state index in [4.69, 9.17) is 0 Å². The highest BCUT2D eigenvalue weighted by molar-refractivity contribution is 5.70. The van der Waals surface area contributed by atoms with Crippen LogP contribution in [0, 0.1) is 25.7 Å². The zero-order chi connectivity index (χ0) is 14.4. The Balaban J connectivity index is 2.54. The summed E-state index contributed by atoms with van der Waals surface area (Å²) in [4.78, 5) is 11.2. The topological polar surface area (TPSA) is 49.3 Å². The van der Waals surface area contributed by atoms with Gasteiger partial charge in [-0.15, -0.1) is 0 Å². The molecule has 0 aliphatic carbocycles. The van der Waals surface area contributed by atoms with Crippen molar-refractivity contribution in [2.75, 3.05) is 6.54 Å². The van der Waals surface area contributed by atoms with Crippen LogP contribution < -0.4 is 5.32 Å². The summed E-state index contributed by atoms with van der Waals surface area (Å²) < 4.78 is 0. The fourth-order valence-electron chi connectivity index (χ4n) is 2.34. The Bertz CT molecular complexity index is 407. The lowest BCUT2D eigenvalue weighted by atomic mass is 9.97. The van der Waals surface area contributed by atoms with Crippen LogP contribution in [-0.2, 0) is 11.3 Å². The van der Waals surface area contributed by atoms with Gasteiger partial charge < -0.3 is 10.4 Å². The van der Waals surface area contributed by atoms with Crippen molar-refractivity contribution >= 4 is 5.97 Å². The summed E-state index contributed by atoms with van der Waals surface area (Å²) >= 11 is 0. The Morgan fingerprint density at radius 1 is 1.26 bits per heavy atom. The van der Waals surface area contributed by atoms with E-state index in [1.807, 2.05) is 6.07 Å². The maximum Gasteiger partial charge on any atom is 0.307 e. The molecule has 3 nitrogen and oxygen atoms in total. The van der Waals surface area contributed by atoms with E-state index < -0.39 is 5.97 Å². The summed E-state index contributed by atoms with van der Waals surface area (Å²) in [6.07, 6.45) is 0.717. The maximum absolute atomic E-state index is 11.2. The van der Waals surface area contributed by atoms with E-state index in [1.54, 1.807) is 0 Å². The number of rotatable bonds is 7. The van der Waals surface area contributed by atoms with Gasteiger partial charge in [0.25, 0.3) is 0 Å². The second-order valence-electron chi connectivity index (χ2n) is 5.67. The second-order valence-corrected chi connectivity index (χ2v) is 5.67. The molecule has 1 rings (SSSR count). The molecule has 0 bridgehead atoms. The van der Waals surface area contributed by atoms with E-state index >= 15 is 0 Å². The minimum absolute atomic E-state index is 0.302. The van der Waals surface area contributed by atoms with Crippen LogP contribution in [0.3, 0.4) is 0 Å². The standard InChI is InChI=1S/C16H25NO2/c1-11(2)8-14(16(18)19)9-17-10-15-12(3)6-5-7-13(15)4/h5-7,11,14,17H,8-10H2,1-4H3,(H,18,19). The third kappa shape index (κ3) is 5.03. The molecule has 0 spiro atoms. The van der Waals surface area contributed by atoms with Gasteiger partial charge in [-0.25, -0.2) is 0 Å². The summed E-state index contributed by atoms with van der Waals surface area (Å²) in [5.74, 6) is -0.602.